The van der Waals surface area contributed by atoms with Crippen LogP contribution >= 0.6 is 0 Å². The topological polar surface area (TPSA) is 82.2 Å². The number of anilines is 1. The fourth-order valence-corrected chi connectivity index (χ4v) is 0.733. The van der Waals surface area contributed by atoms with Crippen molar-refractivity contribution >= 4 is 17.6 Å². The lowest BCUT2D eigenvalue weighted by Crippen LogP contribution is -2.07. The number of rotatable bonds is 3. The number of amides is 1. The normalized spacial score (nSPS) is 10.2. The number of aromatic nitrogens is 1. The van der Waals surface area contributed by atoms with E-state index in [1.807, 2.05) is 0 Å². The molecular formula is C8H8N2O3. The number of hydrogen-bond donors (Lipinski definition) is 3. The maximum Gasteiger partial charge on any atom is 0.328 e. The molecule has 3 N–H and O–H groups in total. The van der Waals surface area contributed by atoms with Crippen molar-refractivity contribution in [2.24, 2.45) is 0 Å². The molecule has 0 spiro atoms. The zero-order valence-corrected chi connectivity index (χ0v) is 6.65. The summed E-state index contributed by atoms with van der Waals surface area (Å²) in [6, 6.07) is 1.66. The zero-order valence-electron chi connectivity index (χ0n) is 6.65. The summed E-state index contributed by atoms with van der Waals surface area (Å²) in [5.41, 5.74) is 0.597. The number of carboxylic acid groups (broad SMARTS) is 1. The first kappa shape index (κ1) is 9.05. The molecule has 0 saturated heterocycles. The molecule has 5 nitrogen and oxygen atoms in total. The monoisotopic (exact) mass is 180 g/mol. The summed E-state index contributed by atoms with van der Waals surface area (Å²) >= 11 is 0. The van der Waals surface area contributed by atoms with Gasteiger partial charge in [0.1, 0.15) is 0 Å². The fourth-order valence-electron chi connectivity index (χ4n) is 0.733. The van der Waals surface area contributed by atoms with Crippen LogP contribution in [0.3, 0.4) is 0 Å². The molecule has 0 aliphatic rings. The van der Waals surface area contributed by atoms with Crippen molar-refractivity contribution in [1.82, 2.24) is 4.98 Å². The predicted octanol–water partition coefficient (Wildman–Crippen LogP) is 0.594. The molecule has 0 saturated carbocycles. The molecule has 0 bridgehead atoms. The van der Waals surface area contributed by atoms with Crippen LogP contribution in [0.4, 0.5) is 5.69 Å². The lowest BCUT2D eigenvalue weighted by Gasteiger charge is -1.95. The van der Waals surface area contributed by atoms with E-state index in [2.05, 4.69) is 10.3 Å². The van der Waals surface area contributed by atoms with Crippen molar-refractivity contribution in [2.45, 2.75) is 0 Å². The van der Waals surface area contributed by atoms with Gasteiger partial charge in [0.25, 0.3) is 0 Å². The SMILES string of the molecule is O=C(O)/C=C/C(=O)Nc1cc[nH]c1. The molecular weight excluding hydrogens is 172 g/mol. The number of aromatic amines is 1. The maximum atomic E-state index is 10.9. The lowest BCUT2D eigenvalue weighted by atomic mass is 10.4. The van der Waals surface area contributed by atoms with E-state index in [1.165, 1.54) is 0 Å². The molecule has 0 radical (unpaired) electrons. The van der Waals surface area contributed by atoms with Crippen LogP contribution < -0.4 is 5.32 Å². The van der Waals surface area contributed by atoms with E-state index in [0.717, 1.165) is 12.2 Å². The highest BCUT2D eigenvalue weighted by Crippen LogP contribution is 2.02. The Morgan fingerprint density at radius 2 is 2.23 bits per heavy atom. The largest absolute Gasteiger partial charge is 0.478 e. The minimum Gasteiger partial charge on any atom is -0.478 e. The van der Waals surface area contributed by atoms with Gasteiger partial charge in [-0.15, -0.1) is 0 Å². The van der Waals surface area contributed by atoms with Gasteiger partial charge in [0, 0.05) is 24.5 Å². The minimum absolute atomic E-state index is 0.470. The smallest absolute Gasteiger partial charge is 0.328 e. The fraction of sp³-hybridized carbons (Fsp3) is 0. The van der Waals surface area contributed by atoms with Gasteiger partial charge in [-0.25, -0.2) is 4.79 Å². The number of carbonyl (C=O) groups excluding carboxylic acids is 1. The first-order valence-electron chi connectivity index (χ1n) is 3.53. The minimum atomic E-state index is -1.15. The molecule has 1 heterocycles. The number of H-pyrrole nitrogens is 1. The third-order valence-corrected chi connectivity index (χ3v) is 1.24. The van der Waals surface area contributed by atoms with Crippen LogP contribution in [0.2, 0.25) is 0 Å². The van der Waals surface area contributed by atoms with Crippen LogP contribution in [-0.2, 0) is 9.59 Å². The highest BCUT2D eigenvalue weighted by molar-refractivity contribution is 6.02. The molecule has 13 heavy (non-hydrogen) atoms. The standard InChI is InChI=1S/C8H8N2O3/c11-7(1-2-8(12)13)10-6-3-4-9-5-6/h1-5,9H,(H,10,11)(H,12,13)/b2-1+. The summed E-state index contributed by atoms with van der Waals surface area (Å²) in [6.07, 6.45) is 4.97. The van der Waals surface area contributed by atoms with E-state index in [9.17, 15) is 9.59 Å². The molecule has 68 valence electrons. The van der Waals surface area contributed by atoms with E-state index >= 15 is 0 Å². The molecule has 5 heteroatoms. The van der Waals surface area contributed by atoms with Gasteiger partial charge in [0.15, 0.2) is 0 Å². The van der Waals surface area contributed by atoms with Crippen LogP contribution in [0.15, 0.2) is 30.6 Å². The average Bonchev–Trinajstić information content (AvgIpc) is 2.53. The number of hydrogen-bond acceptors (Lipinski definition) is 2. The molecule has 1 rings (SSSR count). The average molecular weight is 180 g/mol. The second-order valence-electron chi connectivity index (χ2n) is 2.26. The summed E-state index contributed by atoms with van der Waals surface area (Å²) in [4.78, 5) is 23.7. The summed E-state index contributed by atoms with van der Waals surface area (Å²) in [7, 11) is 0. The number of carboxylic acids is 1. The van der Waals surface area contributed by atoms with Crippen molar-refractivity contribution in [3.63, 3.8) is 0 Å². The second kappa shape index (κ2) is 4.10. The third kappa shape index (κ3) is 3.24. The third-order valence-electron chi connectivity index (χ3n) is 1.24. The molecule has 0 aliphatic heterocycles. The Morgan fingerprint density at radius 1 is 1.46 bits per heavy atom. The summed E-state index contributed by atoms with van der Waals surface area (Å²) in [5, 5.41) is 10.7. The lowest BCUT2D eigenvalue weighted by molar-refractivity contribution is -0.131. The van der Waals surface area contributed by atoms with Crippen molar-refractivity contribution in [2.75, 3.05) is 5.32 Å². The first-order chi connectivity index (χ1) is 6.18. The Morgan fingerprint density at radius 3 is 2.77 bits per heavy atom. The quantitative estimate of drug-likeness (QED) is 0.595. The van der Waals surface area contributed by atoms with E-state index < -0.39 is 11.9 Å². The summed E-state index contributed by atoms with van der Waals surface area (Å²) in [5.74, 6) is -1.62. The zero-order chi connectivity index (χ0) is 9.68. The van der Waals surface area contributed by atoms with Gasteiger partial charge in [-0.05, 0) is 6.07 Å². The second-order valence-corrected chi connectivity index (χ2v) is 2.26. The Hall–Kier alpha value is -2.04. The van der Waals surface area contributed by atoms with E-state index in [-0.39, 0.29) is 0 Å². The summed E-state index contributed by atoms with van der Waals surface area (Å²) < 4.78 is 0. The Kier molecular flexibility index (Phi) is 2.86. The molecule has 0 fully saturated rings. The van der Waals surface area contributed by atoms with E-state index in [1.54, 1.807) is 18.5 Å². The molecule has 1 amide bonds. The number of carbonyl (C=O) groups is 2. The van der Waals surface area contributed by atoms with Gasteiger partial charge in [-0.2, -0.15) is 0 Å². The van der Waals surface area contributed by atoms with E-state index in [4.69, 9.17) is 5.11 Å². The molecule has 1 aromatic rings. The van der Waals surface area contributed by atoms with Crippen LogP contribution in [0, 0.1) is 0 Å². The highest BCUT2D eigenvalue weighted by atomic mass is 16.4. The van der Waals surface area contributed by atoms with E-state index in [0.29, 0.717) is 5.69 Å². The van der Waals surface area contributed by atoms with Gasteiger partial charge in [0.2, 0.25) is 5.91 Å². The van der Waals surface area contributed by atoms with Crippen molar-refractivity contribution in [3.8, 4) is 0 Å². The molecule has 0 aliphatic carbocycles. The van der Waals surface area contributed by atoms with Crippen LogP contribution in [0.25, 0.3) is 0 Å². The molecule has 0 aromatic carbocycles. The first-order valence-corrected chi connectivity index (χ1v) is 3.53. The number of nitrogens with one attached hydrogen (secondary N) is 2. The predicted molar refractivity (Wildman–Crippen MR) is 46.2 cm³/mol. The van der Waals surface area contributed by atoms with Crippen LogP contribution in [0.1, 0.15) is 0 Å². The number of aliphatic carboxylic acids is 1. The van der Waals surface area contributed by atoms with Crippen LogP contribution in [0.5, 0.6) is 0 Å². The summed E-state index contributed by atoms with van der Waals surface area (Å²) in [6.45, 7) is 0. The van der Waals surface area contributed by atoms with Crippen LogP contribution in [-0.4, -0.2) is 22.0 Å². The van der Waals surface area contributed by atoms with Crippen molar-refractivity contribution in [3.05, 3.63) is 30.6 Å². The highest BCUT2D eigenvalue weighted by Gasteiger charge is 1.97. The molecule has 0 unspecified atom stereocenters. The molecule has 0 atom stereocenters. The Balaban J connectivity index is 2.47. The van der Waals surface area contributed by atoms with Gasteiger partial charge in [-0.1, -0.05) is 0 Å². The van der Waals surface area contributed by atoms with Gasteiger partial charge >= 0.3 is 5.97 Å². The van der Waals surface area contributed by atoms with Gasteiger partial charge < -0.3 is 15.4 Å². The van der Waals surface area contributed by atoms with Crippen molar-refractivity contribution in [1.29, 1.82) is 0 Å². The molecule has 1 aromatic heterocycles. The Labute approximate surface area is 74.1 Å². The maximum absolute atomic E-state index is 10.9. The van der Waals surface area contributed by atoms with Crippen molar-refractivity contribution < 1.29 is 14.7 Å². The Bertz CT molecular complexity index is 327. The van der Waals surface area contributed by atoms with Gasteiger partial charge in [0.05, 0.1) is 5.69 Å². The van der Waals surface area contributed by atoms with Gasteiger partial charge in [-0.3, -0.25) is 4.79 Å².